The molecule has 0 unspecified atom stereocenters. The maximum absolute atomic E-state index is 13.8. The lowest BCUT2D eigenvalue weighted by Crippen LogP contribution is -2.15. The third-order valence-corrected chi connectivity index (χ3v) is 6.12. The van der Waals surface area contributed by atoms with Crippen LogP contribution in [0.1, 0.15) is 17.0 Å². The molecule has 0 spiro atoms. The van der Waals surface area contributed by atoms with Crippen LogP contribution in [0.4, 0.5) is 14.5 Å². The molecule has 0 amide bonds. The molecule has 0 bridgehead atoms. The summed E-state index contributed by atoms with van der Waals surface area (Å²) in [6.07, 6.45) is 1.41. The van der Waals surface area contributed by atoms with Crippen molar-refractivity contribution in [3.05, 3.63) is 89.2 Å². The standard InChI is InChI=1S/C22H19F2N3O2S/c1-14-2-10-19-20(12-14)26-22(25-19)11-5-15-3-7-17(8-4-15)27-30(28,29)21-13-16(23)6-9-18(21)24/h2-4,6-10,12-13,27H,5,11H2,1H3,(H,25,26). The van der Waals surface area contributed by atoms with E-state index in [1.165, 1.54) is 0 Å². The van der Waals surface area contributed by atoms with Crippen LogP contribution >= 0.6 is 0 Å². The lowest BCUT2D eigenvalue weighted by Gasteiger charge is -2.09. The van der Waals surface area contributed by atoms with Crippen molar-refractivity contribution in [1.82, 2.24) is 9.97 Å². The van der Waals surface area contributed by atoms with Crippen LogP contribution in [0.5, 0.6) is 0 Å². The number of nitrogens with zero attached hydrogens (tertiary/aromatic N) is 1. The van der Waals surface area contributed by atoms with Crippen LogP contribution in [-0.2, 0) is 22.9 Å². The number of nitrogens with one attached hydrogen (secondary N) is 2. The molecule has 4 rings (SSSR count). The zero-order valence-electron chi connectivity index (χ0n) is 16.1. The topological polar surface area (TPSA) is 74.8 Å². The Balaban J connectivity index is 1.44. The molecular formula is C22H19F2N3O2S. The number of benzene rings is 3. The molecule has 0 fully saturated rings. The molecule has 5 nitrogen and oxygen atoms in total. The van der Waals surface area contributed by atoms with E-state index in [4.69, 9.17) is 0 Å². The van der Waals surface area contributed by atoms with Crippen molar-refractivity contribution in [1.29, 1.82) is 0 Å². The van der Waals surface area contributed by atoms with Gasteiger partial charge in [-0.05, 0) is 66.9 Å². The van der Waals surface area contributed by atoms with Gasteiger partial charge in [0.25, 0.3) is 10.0 Å². The second-order valence-corrected chi connectivity index (χ2v) is 8.73. The second-order valence-electron chi connectivity index (χ2n) is 7.08. The maximum atomic E-state index is 13.8. The van der Waals surface area contributed by atoms with Crippen molar-refractivity contribution in [3.8, 4) is 0 Å². The van der Waals surface area contributed by atoms with Gasteiger partial charge in [0.15, 0.2) is 0 Å². The Morgan fingerprint density at radius 1 is 0.967 bits per heavy atom. The van der Waals surface area contributed by atoms with Gasteiger partial charge in [0.2, 0.25) is 0 Å². The maximum Gasteiger partial charge on any atom is 0.264 e. The van der Waals surface area contributed by atoms with Crippen LogP contribution in [-0.4, -0.2) is 18.4 Å². The number of anilines is 1. The fraction of sp³-hybridized carbons (Fsp3) is 0.136. The van der Waals surface area contributed by atoms with Gasteiger partial charge in [-0.25, -0.2) is 22.2 Å². The van der Waals surface area contributed by atoms with E-state index in [0.29, 0.717) is 18.9 Å². The Morgan fingerprint density at radius 3 is 2.50 bits per heavy atom. The van der Waals surface area contributed by atoms with E-state index >= 15 is 0 Å². The minimum absolute atomic E-state index is 0.265. The molecule has 0 aliphatic rings. The Bertz CT molecular complexity index is 1320. The number of sulfonamides is 1. The van der Waals surface area contributed by atoms with Crippen LogP contribution < -0.4 is 4.72 Å². The van der Waals surface area contributed by atoms with Gasteiger partial charge in [0.1, 0.15) is 22.4 Å². The van der Waals surface area contributed by atoms with Crippen LogP contribution in [0, 0.1) is 18.6 Å². The first-order valence-corrected chi connectivity index (χ1v) is 10.8. The number of fused-ring (bicyclic) bond motifs is 1. The first kappa shape index (κ1) is 20.0. The van der Waals surface area contributed by atoms with Crippen LogP contribution in [0.25, 0.3) is 11.0 Å². The van der Waals surface area contributed by atoms with Gasteiger partial charge in [-0.2, -0.15) is 0 Å². The third-order valence-electron chi connectivity index (χ3n) is 4.73. The summed E-state index contributed by atoms with van der Waals surface area (Å²) in [4.78, 5) is 7.15. The highest BCUT2D eigenvalue weighted by Gasteiger charge is 2.20. The summed E-state index contributed by atoms with van der Waals surface area (Å²) >= 11 is 0. The van der Waals surface area contributed by atoms with E-state index in [-0.39, 0.29) is 5.69 Å². The van der Waals surface area contributed by atoms with Crippen molar-refractivity contribution >= 4 is 26.7 Å². The molecule has 0 radical (unpaired) electrons. The Morgan fingerprint density at radius 2 is 1.73 bits per heavy atom. The van der Waals surface area contributed by atoms with Gasteiger partial charge < -0.3 is 4.98 Å². The summed E-state index contributed by atoms with van der Waals surface area (Å²) in [5.74, 6) is -0.962. The quantitative estimate of drug-likeness (QED) is 0.467. The number of aromatic amines is 1. The number of halogens is 2. The van der Waals surface area contributed by atoms with Crippen molar-refractivity contribution in [2.45, 2.75) is 24.7 Å². The molecule has 1 aromatic heterocycles. The average Bonchev–Trinajstić information content (AvgIpc) is 3.11. The SMILES string of the molecule is Cc1ccc2nc(CCc3ccc(NS(=O)(=O)c4cc(F)ccc4F)cc3)[nH]c2c1. The van der Waals surface area contributed by atoms with E-state index < -0.39 is 26.6 Å². The minimum Gasteiger partial charge on any atom is -0.342 e. The normalized spacial score (nSPS) is 11.7. The van der Waals surface area contributed by atoms with Crippen molar-refractivity contribution in [2.24, 2.45) is 0 Å². The summed E-state index contributed by atoms with van der Waals surface area (Å²) in [7, 11) is -4.23. The molecule has 0 aliphatic heterocycles. The zero-order chi connectivity index (χ0) is 21.3. The van der Waals surface area contributed by atoms with Crippen LogP contribution in [0.15, 0.2) is 65.6 Å². The predicted molar refractivity (Wildman–Crippen MR) is 112 cm³/mol. The van der Waals surface area contributed by atoms with Gasteiger partial charge in [0, 0.05) is 12.1 Å². The average molecular weight is 427 g/mol. The molecule has 0 aliphatic carbocycles. The summed E-state index contributed by atoms with van der Waals surface area (Å²) < 4.78 is 54.1. The lowest BCUT2D eigenvalue weighted by molar-refractivity contribution is 0.555. The predicted octanol–water partition coefficient (Wildman–Crippen LogP) is 4.74. The highest BCUT2D eigenvalue weighted by molar-refractivity contribution is 7.92. The number of hydrogen-bond donors (Lipinski definition) is 2. The monoisotopic (exact) mass is 427 g/mol. The Labute approximate surface area is 172 Å². The Hall–Kier alpha value is -3.26. The van der Waals surface area contributed by atoms with E-state index in [9.17, 15) is 17.2 Å². The van der Waals surface area contributed by atoms with Crippen LogP contribution in [0.2, 0.25) is 0 Å². The number of aromatic nitrogens is 2. The molecule has 2 N–H and O–H groups in total. The number of hydrogen-bond acceptors (Lipinski definition) is 3. The molecule has 0 saturated carbocycles. The van der Waals surface area contributed by atoms with Gasteiger partial charge in [-0.3, -0.25) is 4.72 Å². The molecular weight excluding hydrogens is 408 g/mol. The fourth-order valence-corrected chi connectivity index (χ4v) is 4.34. The van der Waals surface area contributed by atoms with Crippen molar-refractivity contribution < 1.29 is 17.2 Å². The third kappa shape index (κ3) is 4.33. The second kappa shape index (κ2) is 7.87. The summed E-state index contributed by atoms with van der Waals surface area (Å²) in [6.45, 7) is 2.03. The lowest BCUT2D eigenvalue weighted by atomic mass is 10.1. The van der Waals surface area contributed by atoms with E-state index in [1.807, 2.05) is 25.1 Å². The van der Waals surface area contributed by atoms with E-state index in [1.54, 1.807) is 24.3 Å². The molecule has 154 valence electrons. The molecule has 8 heteroatoms. The Kier molecular flexibility index (Phi) is 5.26. The first-order chi connectivity index (χ1) is 14.3. The highest BCUT2D eigenvalue weighted by atomic mass is 32.2. The molecule has 0 saturated heterocycles. The first-order valence-electron chi connectivity index (χ1n) is 9.32. The van der Waals surface area contributed by atoms with Crippen molar-refractivity contribution in [2.75, 3.05) is 4.72 Å². The summed E-state index contributed by atoms with van der Waals surface area (Å²) in [5.41, 5.74) is 4.34. The number of H-pyrrole nitrogens is 1. The van der Waals surface area contributed by atoms with Gasteiger partial charge in [-0.1, -0.05) is 18.2 Å². The van der Waals surface area contributed by atoms with Gasteiger partial charge in [-0.15, -0.1) is 0 Å². The number of aryl methyl sites for hydroxylation is 3. The van der Waals surface area contributed by atoms with E-state index in [2.05, 4.69) is 14.7 Å². The molecule has 4 aromatic rings. The number of imidazole rings is 1. The summed E-state index contributed by atoms with van der Waals surface area (Å²) in [6, 6.07) is 15.1. The minimum atomic E-state index is -4.23. The fourth-order valence-electron chi connectivity index (χ4n) is 3.19. The zero-order valence-corrected chi connectivity index (χ0v) is 16.9. The summed E-state index contributed by atoms with van der Waals surface area (Å²) in [5, 5.41) is 0. The van der Waals surface area contributed by atoms with Crippen LogP contribution in [0.3, 0.4) is 0 Å². The van der Waals surface area contributed by atoms with Gasteiger partial charge in [0.05, 0.1) is 11.0 Å². The molecule has 3 aromatic carbocycles. The number of rotatable bonds is 6. The van der Waals surface area contributed by atoms with E-state index in [0.717, 1.165) is 40.1 Å². The molecule has 1 heterocycles. The van der Waals surface area contributed by atoms with Crippen molar-refractivity contribution in [3.63, 3.8) is 0 Å². The smallest absolute Gasteiger partial charge is 0.264 e. The van der Waals surface area contributed by atoms with Gasteiger partial charge >= 0.3 is 0 Å². The molecule has 0 atom stereocenters. The highest BCUT2D eigenvalue weighted by Crippen LogP contribution is 2.21. The largest absolute Gasteiger partial charge is 0.342 e. The molecule has 30 heavy (non-hydrogen) atoms.